The summed E-state index contributed by atoms with van der Waals surface area (Å²) in [5.74, 6) is 5.44. The number of aromatic nitrogens is 2. The van der Waals surface area contributed by atoms with Gasteiger partial charge in [-0.05, 0) is 38.5 Å². The average Bonchev–Trinajstić information content (AvgIpc) is 2.73. The molecule has 1 heterocycles. The highest BCUT2D eigenvalue weighted by Crippen LogP contribution is 2.25. The van der Waals surface area contributed by atoms with Crippen molar-refractivity contribution in [1.82, 2.24) is 20.3 Å². The number of hydrazine groups is 1. The highest BCUT2D eigenvalue weighted by molar-refractivity contribution is 5.69. The normalized spacial score (nSPS) is 16.6. The summed E-state index contributed by atoms with van der Waals surface area (Å²) in [6, 6.07) is 0. The summed E-state index contributed by atoms with van der Waals surface area (Å²) in [4.78, 5) is 20.7. The molecule has 186 valence electrons. The van der Waals surface area contributed by atoms with Crippen LogP contribution in [0, 0.1) is 12.8 Å². The van der Waals surface area contributed by atoms with Crippen LogP contribution in [0.15, 0.2) is 11.9 Å². The van der Waals surface area contributed by atoms with Gasteiger partial charge in [0.1, 0.15) is 17.5 Å². The van der Waals surface area contributed by atoms with Crippen LogP contribution in [0.4, 0.5) is 18.0 Å². The summed E-state index contributed by atoms with van der Waals surface area (Å²) in [6.45, 7) is 2.63. The fourth-order valence-electron chi connectivity index (χ4n) is 3.49. The highest BCUT2D eigenvalue weighted by Gasteiger charge is 2.30. The fourth-order valence-corrected chi connectivity index (χ4v) is 3.49. The Balaban J connectivity index is 1.99. The largest absolute Gasteiger partial charge is 0.473 e. The topological polar surface area (TPSA) is 129 Å². The number of nitrogens with two attached hydrogens (primary N) is 2. The maximum Gasteiger partial charge on any atom is 0.407 e. The summed E-state index contributed by atoms with van der Waals surface area (Å²) >= 11 is 0. The summed E-state index contributed by atoms with van der Waals surface area (Å²) in [5, 5.41) is 3.65. The Kier molecular flexibility index (Phi) is 9.56. The van der Waals surface area contributed by atoms with Crippen LogP contribution in [0.3, 0.4) is 0 Å². The number of likely N-dealkylation sites (N-methyl/N-ethyl adjacent to an activating group) is 1. The number of alkyl carbamates (subject to hydrolysis) is 1. The van der Waals surface area contributed by atoms with Crippen molar-refractivity contribution in [1.29, 1.82) is 0 Å². The predicted octanol–water partition coefficient (Wildman–Crippen LogP) is 3.24. The number of halogens is 3. The minimum Gasteiger partial charge on any atom is -0.473 e. The van der Waals surface area contributed by atoms with E-state index in [2.05, 4.69) is 15.3 Å². The van der Waals surface area contributed by atoms with Gasteiger partial charge in [0.15, 0.2) is 0 Å². The molecule has 2 rings (SSSR count). The second-order valence-corrected chi connectivity index (χ2v) is 8.37. The lowest BCUT2D eigenvalue weighted by molar-refractivity contribution is -0.145. The van der Waals surface area contributed by atoms with Crippen molar-refractivity contribution >= 4 is 11.8 Å². The number of nitrogens with zero attached hydrogens (tertiary/aromatic N) is 3. The second-order valence-electron chi connectivity index (χ2n) is 8.37. The van der Waals surface area contributed by atoms with Gasteiger partial charge in [-0.25, -0.2) is 20.6 Å². The lowest BCUT2D eigenvalue weighted by Crippen LogP contribution is -2.37. The van der Waals surface area contributed by atoms with Crippen LogP contribution >= 0.6 is 0 Å². The SMILES string of the molecule is Cc1nc(/C(N)=C(\CNC(=O)OCC(C)CC(F)(F)F)N(C)N)cnc1OC1CCCCC1. The zero-order valence-corrected chi connectivity index (χ0v) is 19.2. The van der Waals surface area contributed by atoms with Gasteiger partial charge in [-0.1, -0.05) is 13.3 Å². The highest BCUT2D eigenvalue weighted by atomic mass is 19.4. The Bertz CT molecular complexity index is 826. The van der Waals surface area contributed by atoms with Crippen LogP contribution < -0.4 is 21.6 Å². The van der Waals surface area contributed by atoms with Gasteiger partial charge in [-0.3, -0.25) is 0 Å². The average molecular weight is 475 g/mol. The third-order valence-electron chi connectivity index (χ3n) is 5.22. The van der Waals surface area contributed by atoms with E-state index >= 15 is 0 Å². The molecule has 0 aromatic carbocycles. The number of rotatable bonds is 9. The van der Waals surface area contributed by atoms with Crippen LogP contribution in [0.1, 0.15) is 56.8 Å². The molecule has 9 nitrogen and oxygen atoms in total. The Morgan fingerprint density at radius 3 is 2.58 bits per heavy atom. The quantitative estimate of drug-likeness (QED) is 0.368. The van der Waals surface area contributed by atoms with E-state index in [1.807, 2.05) is 0 Å². The van der Waals surface area contributed by atoms with Gasteiger partial charge in [-0.2, -0.15) is 13.2 Å². The Hall–Kier alpha value is -2.76. The van der Waals surface area contributed by atoms with E-state index in [0.29, 0.717) is 23.0 Å². The molecule has 0 saturated heterocycles. The van der Waals surface area contributed by atoms with Gasteiger partial charge in [0.05, 0.1) is 30.7 Å². The maximum absolute atomic E-state index is 12.4. The Morgan fingerprint density at radius 2 is 2.00 bits per heavy atom. The first-order valence-corrected chi connectivity index (χ1v) is 10.9. The van der Waals surface area contributed by atoms with Crippen LogP contribution in [-0.4, -0.2) is 53.5 Å². The predicted molar refractivity (Wildman–Crippen MR) is 117 cm³/mol. The molecule has 0 spiro atoms. The number of hydrogen-bond donors (Lipinski definition) is 3. The van der Waals surface area contributed by atoms with E-state index < -0.39 is 24.6 Å². The van der Waals surface area contributed by atoms with E-state index in [1.54, 1.807) is 6.92 Å². The number of amides is 1. The van der Waals surface area contributed by atoms with E-state index in [-0.39, 0.29) is 25.0 Å². The molecule has 12 heteroatoms. The third kappa shape index (κ3) is 8.95. The van der Waals surface area contributed by atoms with Crippen molar-refractivity contribution in [2.75, 3.05) is 20.2 Å². The fraction of sp³-hybridized carbons (Fsp3) is 0.667. The summed E-state index contributed by atoms with van der Waals surface area (Å²) in [6.07, 6.45) is 0.828. The smallest absolute Gasteiger partial charge is 0.407 e. The van der Waals surface area contributed by atoms with E-state index in [4.69, 9.17) is 21.1 Å². The number of hydrogen-bond acceptors (Lipinski definition) is 8. The molecule has 33 heavy (non-hydrogen) atoms. The maximum atomic E-state index is 12.4. The summed E-state index contributed by atoms with van der Waals surface area (Å²) in [7, 11) is 1.53. The zero-order chi connectivity index (χ0) is 24.6. The molecule has 1 aromatic rings. The van der Waals surface area contributed by atoms with Gasteiger partial charge in [0.2, 0.25) is 5.88 Å². The molecular formula is C21H33F3N6O3. The minimum absolute atomic E-state index is 0.119. The van der Waals surface area contributed by atoms with Crippen molar-refractivity contribution < 1.29 is 27.4 Å². The number of carbonyl (C=O) groups excluding carboxylic acids is 1. The molecule has 0 bridgehead atoms. The van der Waals surface area contributed by atoms with Crippen LogP contribution in [-0.2, 0) is 4.74 Å². The molecule has 0 radical (unpaired) electrons. The number of aryl methyl sites for hydroxylation is 1. The third-order valence-corrected chi connectivity index (χ3v) is 5.22. The van der Waals surface area contributed by atoms with Crippen molar-refractivity contribution in [3.63, 3.8) is 0 Å². The molecule has 1 unspecified atom stereocenters. The number of ether oxygens (including phenoxy) is 2. The molecule has 1 aliphatic rings. The van der Waals surface area contributed by atoms with Gasteiger partial charge < -0.3 is 25.5 Å². The molecule has 1 saturated carbocycles. The summed E-state index contributed by atoms with van der Waals surface area (Å²) in [5.41, 5.74) is 7.66. The molecule has 5 N–H and O–H groups in total. The van der Waals surface area contributed by atoms with Crippen molar-refractivity contribution in [2.24, 2.45) is 17.5 Å². The van der Waals surface area contributed by atoms with Crippen molar-refractivity contribution in [3.05, 3.63) is 23.3 Å². The second kappa shape index (κ2) is 11.9. The number of carbonyl (C=O) groups is 1. The minimum atomic E-state index is -4.32. The lowest BCUT2D eigenvalue weighted by atomic mass is 9.98. The first-order valence-electron chi connectivity index (χ1n) is 10.9. The summed E-state index contributed by atoms with van der Waals surface area (Å²) < 4.78 is 48.0. The Morgan fingerprint density at radius 1 is 1.33 bits per heavy atom. The van der Waals surface area contributed by atoms with Gasteiger partial charge in [0.25, 0.3) is 0 Å². The van der Waals surface area contributed by atoms with Gasteiger partial charge in [-0.15, -0.1) is 0 Å². The monoisotopic (exact) mass is 474 g/mol. The lowest BCUT2D eigenvalue weighted by Gasteiger charge is -2.23. The Labute approximate surface area is 191 Å². The van der Waals surface area contributed by atoms with Gasteiger partial charge in [0, 0.05) is 13.5 Å². The molecule has 1 fully saturated rings. The molecular weight excluding hydrogens is 441 g/mol. The van der Waals surface area contributed by atoms with Crippen LogP contribution in [0.2, 0.25) is 0 Å². The number of nitrogens with one attached hydrogen (secondary N) is 1. The van der Waals surface area contributed by atoms with E-state index in [0.717, 1.165) is 25.7 Å². The van der Waals surface area contributed by atoms with Crippen molar-refractivity contribution in [2.45, 2.75) is 64.7 Å². The molecule has 0 aliphatic heterocycles. The van der Waals surface area contributed by atoms with Crippen molar-refractivity contribution in [3.8, 4) is 5.88 Å². The molecule has 1 atom stereocenters. The first-order chi connectivity index (χ1) is 15.5. The van der Waals surface area contributed by atoms with E-state index in [9.17, 15) is 18.0 Å². The van der Waals surface area contributed by atoms with Crippen LogP contribution in [0.5, 0.6) is 5.88 Å². The molecule has 1 aromatic heterocycles. The standard InChI is InChI=1S/C21H33F3N6O3/c1-13(9-21(22,23)24)12-32-20(31)28-11-17(30(3)26)18(25)16-10-27-19(14(2)29-16)33-15-7-5-4-6-8-15/h10,13,15H,4-9,11-12,25-26H2,1-3H3,(H,28,31)/b18-17-. The first kappa shape index (κ1) is 26.5. The van der Waals surface area contributed by atoms with Gasteiger partial charge >= 0.3 is 12.3 Å². The van der Waals surface area contributed by atoms with Crippen LogP contribution in [0.25, 0.3) is 5.70 Å². The van der Waals surface area contributed by atoms with E-state index in [1.165, 1.54) is 31.6 Å². The zero-order valence-electron chi connectivity index (χ0n) is 19.2. The molecule has 1 aliphatic carbocycles. The number of alkyl halides is 3. The molecule has 1 amide bonds.